The molecule has 0 unspecified atom stereocenters. The Morgan fingerprint density at radius 1 is 1.33 bits per heavy atom. The molecule has 0 saturated heterocycles. The molecule has 3 aromatic heterocycles. The second-order valence-electron chi connectivity index (χ2n) is 7.49. The van der Waals surface area contributed by atoms with Crippen LogP contribution in [0.3, 0.4) is 0 Å². The molecule has 4 rings (SSSR count). The number of rotatable bonds is 7. The smallest absolute Gasteiger partial charge is 0.179 e. The molecule has 0 amide bonds. The summed E-state index contributed by atoms with van der Waals surface area (Å²) in [6, 6.07) is 1.96. The van der Waals surface area contributed by atoms with Crippen molar-refractivity contribution < 1.29 is 12.8 Å². The molecule has 0 aromatic carbocycles. The lowest BCUT2D eigenvalue weighted by atomic mass is 9.93. The van der Waals surface area contributed by atoms with Gasteiger partial charge < -0.3 is 4.98 Å². The molecule has 3 heterocycles. The lowest BCUT2D eigenvalue weighted by Gasteiger charge is -2.16. The first-order valence-electron chi connectivity index (χ1n) is 9.46. The van der Waals surface area contributed by atoms with Gasteiger partial charge in [-0.2, -0.15) is 0 Å². The van der Waals surface area contributed by atoms with Crippen LogP contribution in [0.15, 0.2) is 18.5 Å². The fraction of sp³-hybridized carbons (Fsp3) is 0.611. The predicted molar refractivity (Wildman–Crippen MR) is 101 cm³/mol. The second-order valence-corrected chi connectivity index (χ2v) is 9.72. The normalized spacial score (nSPS) is 23.6. The maximum Gasteiger partial charge on any atom is 0.179 e. The predicted octanol–water partition coefficient (Wildman–Crippen LogP) is 2.90. The van der Waals surface area contributed by atoms with Crippen LogP contribution < -0.4 is 0 Å². The van der Waals surface area contributed by atoms with Crippen molar-refractivity contribution in [2.45, 2.75) is 38.5 Å². The summed E-state index contributed by atoms with van der Waals surface area (Å²) in [6.07, 6.45) is 6.21. The molecule has 3 atom stereocenters. The minimum absolute atomic E-state index is 0.0645. The molecule has 7 nitrogen and oxygen atoms in total. The SMILES string of the molecule is CC[C@@H]1C[C@H](CS(=O)(=O)CCCF)C[C@@H]1c1nnc2cnc3[nH]ccc3n12. The Labute approximate surface area is 157 Å². The Hall–Kier alpha value is -2.03. The van der Waals surface area contributed by atoms with Crippen molar-refractivity contribution in [1.82, 2.24) is 24.6 Å². The average Bonchev–Trinajstić information content (AvgIpc) is 3.35. The molecule has 0 spiro atoms. The summed E-state index contributed by atoms with van der Waals surface area (Å²) in [5.41, 5.74) is 2.41. The quantitative estimate of drug-likeness (QED) is 0.666. The number of aromatic amines is 1. The highest BCUT2D eigenvalue weighted by Gasteiger charge is 2.38. The Balaban J connectivity index is 1.64. The van der Waals surface area contributed by atoms with Gasteiger partial charge in [0, 0.05) is 12.1 Å². The van der Waals surface area contributed by atoms with Gasteiger partial charge in [0.15, 0.2) is 21.1 Å². The molecule has 27 heavy (non-hydrogen) atoms. The summed E-state index contributed by atoms with van der Waals surface area (Å²) in [6.45, 7) is 1.55. The minimum atomic E-state index is -3.22. The summed E-state index contributed by atoms with van der Waals surface area (Å²) in [4.78, 5) is 7.46. The highest BCUT2D eigenvalue weighted by Crippen LogP contribution is 2.45. The molecule has 0 bridgehead atoms. The number of hydrogen-bond acceptors (Lipinski definition) is 5. The zero-order valence-corrected chi connectivity index (χ0v) is 16.1. The number of aromatic nitrogens is 5. The van der Waals surface area contributed by atoms with E-state index in [1.54, 1.807) is 6.20 Å². The number of hydrogen-bond donors (Lipinski definition) is 1. The summed E-state index contributed by atoms with van der Waals surface area (Å²) in [7, 11) is -3.22. The minimum Gasteiger partial charge on any atom is -0.345 e. The first-order valence-corrected chi connectivity index (χ1v) is 11.3. The maximum atomic E-state index is 12.4. The fourth-order valence-corrected chi connectivity index (χ4v) is 6.20. The molecule has 1 aliphatic rings. The van der Waals surface area contributed by atoms with Gasteiger partial charge >= 0.3 is 0 Å². The number of sulfone groups is 1. The van der Waals surface area contributed by atoms with E-state index in [1.165, 1.54) is 0 Å². The molecule has 0 radical (unpaired) electrons. The lowest BCUT2D eigenvalue weighted by molar-refractivity contribution is 0.447. The number of alkyl halides is 1. The van der Waals surface area contributed by atoms with Gasteiger partial charge in [0.05, 0.1) is 29.9 Å². The third-order valence-electron chi connectivity index (χ3n) is 5.69. The fourth-order valence-electron chi connectivity index (χ4n) is 4.50. The van der Waals surface area contributed by atoms with Crippen molar-refractivity contribution in [3.8, 4) is 0 Å². The van der Waals surface area contributed by atoms with E-state index in [-0.39, 0.29) is 29.8 Å². The number of fused-ring (bicyclic) bond motifs is 3. The number of nitrogens with zero attached hydrogens (tertiary/aromatic N) is 4. The summed E-state index contributed by atoms with van der Waals surface area (Å²) >= 11 is 0. The Kier molecular flexibility index (Phi) is 4.88. The molecule has 9 heteroatoms. The second kappa shape index (κ2) is 7.18. The first-order chi connectivity index (χ1) is 13.0. The van der Waals surface area contributed by atoms with Gasteiger partial charge in [0.25, 0.3) is 0 Å². The van der Waals surface area contributed by atoms with Crippen molar-refractivity contribution in [2.75, 3.05) is 18.2 Å². The van der Waals surface area contributed by atoms with Crippen molar-refractivity contribution in [3.63, 3.8) is 0 Å². The summed E-state index contributed by atoms with van der Waals surface area (Å²) in [5, 5.41) is 8.72. The van der Waals surface area contributed by atoms with Gasteiger partial charge in [0.1, 0.15) is 5.82 Å². The zero-order chi connectivity index (χ0) is 19.0. The Morgan fingerprint density at radius 2 is 2.19 bits per heavy atom. The van der Waals surface area contributed by atoms with Crippen LogP contribution in [0.25, 0.3) is 16.8 Å². The molecule has 1 aliphatic carbocycles. The van der Waals surface area contributed by atoms with Gasteiger partial charge in [-0.15, -0.1) is 10.2 Å². The standard InChI is InChI=1S/C18H24FN5O2S/c1-2-13-8-12(11-27(25,26)7-3-5-19)9-14(13)18-23-22-16-10-21-17-15(24(16)18)4-6-20-17/h4,6,10,12-14,20H,2-3,5,7-9,11H2,1H3/t12-,13+,14-/m0/s1. The third-order valence-corrected chi connectivity index (χ3v) is 7.58. The van der Waals surface area contributed by atoms with E-state index in [1.807, 2.05) is 16.7 Å². The van der Waals surface area contributed by atoms with Crippen molar-refractivity contribution in [1.29, 1.82) is 0 Å². The van der Waals surface area contributed by atoms with Gasteiger partial charge in [-0.05, 0) is 37.2 Å². The van der Waals surface area contributed by atoms with E-state index in [2.05, 4.69) is 27.1 Å². The Morgan fingerprint density at radius 3 is 2.96 bits per heavy atom. The first kappa shape index (κ1) is 18.3. The molecule has 0 aliphatic heterocycles. The number of nitrogens with one attached hydrogen (secondary N) is 1. The van der Waals surface area contributed by atoms with E-state index in [4.69, 9.17) is 0 Å². The van der Waals surface area contributed by atoms with Gasteiger partial charge in [-0.3, -0.25) is 8.79 Å². The van der Waals surface area contributed by atoms with Crippen molar-refractivity contribution in [3.05, 3.63) is 24.3 Å². The molecule has 1 saturated carbocycles. The Bertz CT molecular complexity index is 1040. The van der Waals surface area contributed by atoms with Gasteiger partial charge in [0.2, 0.25) is 0 Å². The molecule has 3 aromatic rings. The monoisotopic (exact) mass is 393 g/mol. The van der Waals surface area contributed by atoms with E-state index in [0.717, 1.165) is 36.3 Å². The van der Waals surface area contributed by atoms with E-state index >= 15 is 0 Å². The van der Waals surface area contributed by atoms with Crippen LogP contribution in [0.1, 0.15) is 44.3 Å². The number of halogens is 1. The van der Waals surface area contributed by atoms with Crippen LogP contribution in [-0.2, 0) is 9.84 Å². The van der Waals surface area contributed by atoms with E-state index < -0.39 is 16.5 Å². The maximum absolute atomic E-state index is 12.4. The van der Waals surface area contributed by atoms with Crippen LogP contribution in [-0.4, -0.2) is 51.2 Å². The van der Waals surface area contributed by atoms with E-state index in [9.17, 15) is 12.8 Å². The molecular formula is C18H24FN5O2S. The van der Waals surface area contributed by atoms with Crippen LogP contribution in [0.2, 0.25) is 0 Å². The number of H-pyrrole nitrogens is 1. The highest BCUT2D eigenvalue weighted by molar-refractivity contribution is 7.91. The van der Waals surface area contributed by atoms with Gasteiger partial charge in [-0.1, -0.05) is 13.3 Å². The third kappa shape index (κ3) is 3.44. The molecule has 146 valence electrons. The molecule has 1 N–H and O–H groups in total. The molecular weight excluding hydrogens is 369 g/mol. The van der Waals surface area contributed by atoms with Crippen LogP contribution in [0, 0.1) is 11.8 Å². The van der Waals surface area contributed by atoms with Gasteiger partial charge in [-0.25, -0.2) is 13.4 Å². The van der Waals surface area contributed by atoms with Crippen LogP contribution in [0.4, 0.5) is 4.39 Å². The zero-order valence-electron chi connectivity index (χ0n) is 15.3. The largest absolute Gasteiger partial charge is 0.345 e. The summed E-state index contributed by atoms with van der Waals surface area (Å²) < 4.78 is 38.9. The average molecular weight is 393 g/mol. The molecule has 1 fully saturated rings. The van der Waals surface area contributed by atoms with Crippen molar-refractivity contribution >= 4 is 26.6 Å². The van der Waals surface area contributed by atoms with Crippen LogP contribution in [0.5, 0.6) is 0 Å². The highest BCUT2D eigenvalue weighted by atomic mass is 32.2. The lowest BCUT2D eigenvalue weighted by Crippen LogP contribution is -2.18. The van der Waals surface area contributed by atoms with Crippen molar-refractivity contribution in [2.24, 2.45) is 11.8 Å². The summed E-state index contributed by atoms with van der Waals surface area (Å²) in [5.74, 6) is 1.56. The topological polar surface area (TPSA) is 93.0 Å². The van der Waals surface area contributed by atoms with E-state index in [0.29, 0.717) is 11.6 Å². The van der Waals surface area contributed by atoms with Crippen LogP contribution >= 0.6 is 0 Å².